The molecule has 1 saturated carbocycles. The summed E-state index contributed by atoms with van der Waals surface area (Å²) in [7, 11) is 1.61. The molecule has 0 saturated heterocycles. The molecule has 2 rings (SSSR count). The molecule has 0 aliphatic heterocycles. The van der Waals surface area contributed by atoms with Gasteiger partial charge < -0.3 is 4.74 Å². The van der Waals surface area contributed by atoms with Crippen molar-refractivity contribution in [2.75, 3.05) is 7.11 Å². The molecule has 17 heavy (non-hydrogen) atoms. The van der Waals surface area contributed by atoms with E-state index in [4.69, 9.17) is 10.00 Å². The normalized spacial score (nSPS) is 16.1. The van der Waals surface area contributed by atoms with E-state index in [1.807, 2.05) is 13.8 Å². The summed E-state index contributed by atoms with van der Waals surface area (Å²) in [6.45, 7) is 3.83. The Kier molecular flexibility index (Phi) is 2.66. The molecule has 0 spiro atoms. The third-order valence-electron chi connectivity index (χ3n) is 3.60. The molecular weight excluding hydrogens is 214 g/mol. The Labute approximate surface area is 101 Å². The highest BCUT2D eigenvalue weighted by atomic mass is 16.5. The molecule has 0 atom stereocenters. The van der Waals surface area contributed by atoms with E-state index in [1.165, 1.54) is 0 Å². The molecule has 1 aromatic carbocycles. The molecule has 88 valence electrons. The van der Waals surface area contributed by atoms with E-state index in [0.717, 1.165) is 16.9 Å². The molecule has 3 heteroatoms. The predicted molar refractivity (Wildman–Crippen MR) is 64.1 cm³/mol. The van der Waals surface area contributed by atoms with Gasteiger partial charge in [0.05, 0.1) is 13.2 Å². The summed E-state index contributed by atoms with van der Waals surface area (Å²) in [5.41, 5.74) is 1.79. The Hall–Kier alpha value is -1.82. The Morgan fingerprint density at radius 2 is 2.00 bits per heavy atom. The van der Waals surface area contributed by atoms with Crippen LogP contribution in [-0.4, -0.2) is 12.9 Å². The lowest BCUT2D eigenvalue weighted by atomic mass is 9.91. The van der Waals surface area contributed by atoms with Crippen molar-refractivity contribution < 1.29 is 9.53 Å². The van der Waals surface area contributed by atoms with E-state index in [1.54, 1.807) is 19.2 Å². The molecule has 0 N–H and O–H groups in total. The number of methoxy groups -OCH3 is 1. The van der Waals surface area contributed by atoms with Gasteiger partial charge >= 0.3 is 0 Å². The van der Waals surface area contributed by atoms with Crippen molar-refractivity contribution in [3.8, 4) is 11.8 Å². The summed E-state index contributed by atoms with van der Waals surface area (Å²) in [6.07, 6.45) is 1.37. The van der Waals surface area contributed by atoms with Crippen molar-refractivity contribution in [3.05, 3.63) is 28.8 Å². The number of ketones is 1. The first kappa shape index (κ1) is 11.7. The average Bonchev–Trinajstić information content (AvgIpc) is 3.13. The van der Waals surface area contributed by atoms with Gasteiger partial charge in [0.2, 0.25) is 0 Å². The fraction of sp³-hybridized carbons (Fsp3) is 0.429. The summed E-state index contributed by atoms with van der Waals surface area (Å²) in [5.74, 6) is 0.740. The molecule has 0 heterocycles. The van der Waals surface area contributed by atoms with E-state index < -0.39 is 5.41 Å². The van der Waals surface area contributed by atoms with Crippen molar-refractivity contribution >= 4 is 5.78 Å². The SMILES string of the molecule is COc1ccc(C(=O)C2(C#N)CC2)c(C)c1C. The maximum atomic E-state index is 12.3. The number of benzene rings is 1. The van der Waals surface area contributed by atoms with Gasteiger partial charge in [-0.3, -0.25) is 4.79 Å². The Morgan fingerprint density at radius 3 is 2.47 bits per heavy atom. The quantitative estimate of drug-likeness (QED) is 0.749. The Balaban J connectivity index is 2.45. The van der Waals surface area contributed by atoms with Crippen LogP contribution in [0.4, 0.5) is 0 Å². The molecule has 0 amide bonds. The van der Waals surface area contributed by atoms with Gasteiger partial charge in [0, 0.05) is 5.56 Å². The van der Waals surface area contributed by atoms with Crippen LogP contribution >= 0.6 is 0 Å². The van der Waals surface area contributed by atoms with Gasteiger partial charge in [-0.2, -0.15) is 5.26 Å². The number of ether oxygens (including phenoxy) is 1. The third-order valence-corrected chi connectivity index (χ3v) is 3.60. The van der Waals surface area contributed by atoms with Crippen LogP contribution in [0.15, 0.2) is 12.1 Å². The van der Waals surface area contributed by atoms with Crippen LogP contribution < -0.4 is 4.74 Å². The summed E-state index contributed by atoms with van der Waals surface area (Å²) in [6, 6.07) is 5.70. The van der Waals surface area contributed by atoms with Crippen molar-refractivity contribution in [2.45, 2.75) is 26.7 Å². The molecule has 0 aromatic heterocycles. The first-order valence-electron chi connectivity index (χ1n) is 5.66. The zero-order chi connectivity index (χ0) is 12.6. The van der Waals surface area contributed by atoms with Crippen LogP contribution in [0, 0.1) is 30.6 Å². The number of nitriles is 1. The maximum absolute atomic E-state index is 12.3. The molecule has 0 radical (unpaired) electrons. The van der Waals surface area contributed by atoms with E-state index in [9.17, 15) is 4.79 Å². The minimum absolute atomic E-state index is 0.0387. The molecule has 1 aromatic rings. The molecule has 3 nitrogen and oxygen atoms in total. The number of nitrogens with zero attached hydrogens (tertiary/aromatic N) is 1. The number of hydrogen-bond donors (Lipinski definition) is 0. The van der Waals surface area contributed by atoms with Crippen LogP contribution in [0.2, 0.25) is 0 Å². The second-order valence-electron chi connectivity index (χ2n) is 4.59. The highest BCUT2D eigenvalue weighted by Gasteiger charge is 2.51. The Bertz CT molecular complexity index is 522. The monoisotopic (exact) mass is 229 g/mol. The number of Topliss-reactive ketones (excluding diaryl/α,β-unsaturated/α-hetero) is 1. The minimum atomic E-state index is -0.744. The molecule has 0 bridgehead atoms. The van der Waals surface area contributed by atoms with Crippen LogP contribution in [0.25, 0.3) is 0 Å². The van der Waals surface area contributed by atoms with E-state index in [0.29, 0.717) is 18.4 Å². The van der Waals surface area contributed by atoms with Gasteiger partial charge in [0.15, 0.2) is 5.78 Å². The Morgan fingerprint density at radius 1 is 1.35 bits per heavy atom. The maximum Gasteiger partial charge on any atom is 0.183 e. The van der Waals surface area contributed by atoms with Gasteiger partial charge in [0.25, 0.3) is 0 Å². The first-order chi connectivity index (χ1) is 8.05. The van der Waals surface area contributed by atoms with Gasteiger partial charge in [-0.05, 0) is 49.9 Å². The van der Waals surface area contributed by atoms with Gasteiger partial charge in [-0.1, -0.05) is 0 Å². The van der Waals surface area contributed by atoms with Gasteiger partial charge in [-0.15, -0.1) is 0 Å². The lowest BCUT2D eigenvalue weighted by Crippen LogP contribution is -2.15. The molecule has 1 fully saturated rings. The molecule has 0 unspecified atom stereocenters. The molecular formula is C14H15NO2. The average molecular weight is 229 g/mol. The van der Waals surface area contributed by atoms with Gasteiger partial charge in [0.1, 0.15) is 11.2 Å². The van der Waals surface area contributed by atoms with E-state index >= 15 is 0 Å². The number of hydrogen-bond acceptors (Lipinski definition) is 3. The number of rotatable bonds is 3. The van der Waals surface area contributed by atoms with Gasteiger partial charge in [-0.25, -0.2) is 0 Å². The molecule has 1 aliphatic carbocycles. The third kappa shape index (κ3) is 1.70. The van der Waals surface area contributed by atoms with Crippen LogP contribution in [0.3, 0.4) is 0 Å². The highest BCUT2D eigenvalue weighted by molar-refractivity contribution is 6.05. The minimum Gasteiger partial charge on any atom is -0.496 e. The standard InChI is InChI=1S/C14H15NO2/c1-9-10(2)12(17-3)5-4-11(9)13(16)14(8-15)6-7-14/h4-5H,6-7H2,1-3H3. The zero-order valence-electron chi connectivity index (χ0n) is 10.3. The second kappa shape index (κ2) is 3.89. The summed E-state index contributed by atoms with van der Waals surface area (Å²) < 4.78 is 5.21. The fourth-order valence-corrected chi connectivity index (χ4v) is 2.04. The van der Waals surface area contributed by atoms with Crippen molar-refractivity contribution in [1.82, 2.24) is 0 Å². The summed E-state index contributed by atoms with van der Waals surface area (Å²) in [4.78, 5) is 12.3. The lowest BCUT2D eigenvalue weighted by Gasteiger charge is -2.13. The van der Waals surface area contributed by atoms with E-state index in [-0.39, 0.29) is 5.78 Å². The highest BCUT2D eigenvalue weighted by Crippen LogP contribution is 2.48. The van der Waals surface area contributed by atoms with Crippen LogP contribution in [-0.2, 0) is 0 Å². The van der Waals surface area contributed by atoms with Crippen LogP contribution in [0.5, 0.6) is 5.75 Å². The topological polar surface area (TPSA) is 50.1 Å². The predicted octanol–water partition coefficient (Wildman–Crippen LogP) is 2.80. The fourth-order valence-electron chi connectivity index (χ4n) is 2.04. The van der Waals surface area contributed by atoms with Crippen molar-refractivity contribution in [1.29, 1.82) is 5.26 Å². The summed E-state index contributed by atoms with van der Waals surface area (Å²) in [5, 5.41) is 9.05. The smallest absolute Gasteiger partial charge is 0.183 e. The second-order valence-corrected chi connectivity index (χ2v) is 4.59. The van der Waals surface area contributed by atoms with Crippen molar-refractivity contribution in [3.63, 3.8) is 0 Å². The first-order valence-corrected chi connectivity index (χ1v) is 5.66. The number of carbonyl (C=O) groups excluding carboxylic acids is 1. The summed E-state index contributed by atoms with van der Waals surface area (Å²) >= 11 is 0. The lowest BCUT2D eigenvalue weighted by molar-refractivity contribution is 0.0934. The molecule has 1 aliphatic rings. The number of carbonyl (C=O) groups is 1. The van der Waals surface area contributed by atoms with Crippen LogP contribution in [0.1, 0.15) is 34.3 Å². The largest absolute Gasteiger partial charge is 0.496 e. The zero-order valence-corrected chi connectivity index (χ0v) is 10.3. The van der Waals surface area contributed by atoms with E-state index in [2.05, 4.69) is 6.07 Å². The van der Waals surface area contributed by atoms with Crippen molar-refractivity contribution in [2.24, 2.45) is 5.41 Å².